The minimum atomic E-state index is -0.117. The molecular formula is C8H11NO2. The zero-order valence-electron chi connectivity index (χ0n) is 6.35. The Hall–Kier alpha value is -0.860. The second-order valence-electron chi connectivity index (χ2n) is 3.54. The molecule has 1 spiro atoms. The van der Waals surface area contributed by atoms with E-state index in [1.807, 2.05) is 0 Å². The maximum atomic E-state index is 11.0. The standard InChI is InChI=1S/C8H11NO2/c10-6-1-3-8(5-6)4-2-7(11)9-8/h1-5H2,(H,9,11). The second-order valence-corrected chi connectivity index (χ2v) is 3.54. The van der Waals surface area contributed by atoms with E-state index in [9.17, 15) is 9.59 Å². The fraction of sp³-hybridized carbons (Fsp3) is 0.750. The molecule has 3 nitrogen and oxygen atoms in total. The maximum Gasteiger partial charge on any atom is 0.220 e. The summed E-state index contributed by atoms with van der Waals surface area (Å²) in [5.74, 6) is 0.409. The van der Waals surface area contributed by atoms with E-state index >= 15 is 0 Å². The first-order valence-electron chi connectivity index (χ1n) is 4.03. The monoisotopic (exact) mass is 153 g/mol. The van der Waals surface area contributed by atoms with Gasteiger partial charge in [-0.05, 0) is 12.8 Å². The highest BCUT2D eigenvalue weighted by Gasteiger charge is 2.43. The Morgan fingerprint density at radius 1 is 1.18 bits per heavy atom. The van der Waals surface area contributed by atoms with Crippen molar-refractivity contribution in [3.63, 3.8) is 0 Å². The first-order chi connectivity index (χ1) is 5.20. The van der Waals surface area contributed by atoms with Crippen LogP contribution in [0.4, 0.5) is 0 Å². The van der Waals surface area contributed by atoms with Crippen molar-refractivity contribution in [2.75, 3.05) is 0 Å². The van der Waals surface area contributed by atoms with Crippen molar-refractivity contribution in [2.45, 2.75) is 37.6 Å². The summed E-state index contributed by atoms with van der Waals surface area (Å²) in [5, 5.41) is 2.90. The van der Waals surface area contributed by atoms with Crippen LogP contribution < -0.4 is 5.32 Å². The highest BCUT2D eigenvalue weighted by molar-refractivity contribution is 5.86. The predicted octanol–water partition coefficient (Wildman–Crippen LogP) is 0.388. The minimum absolute atomic E-state index is 0.111. The van der Waals surface area contributed by atoms with Crippen LogP contribution in [0.1, 0.15) is 32.1 Å². The van der Waals surface area contributed by atoms with E-state index in [0.717, 1.165) is 12.8 Å². The van der Waals surface area contributed by atoms with Crippen LogP contribution in [0.2, 0.25) is 0 Å². The van der Waals surface area contributed by atoms with E-state index < -0.39 is 0 Å². The summed E-state index contributed by atoms with van der Waals surface area (Å²) < 4.78 is 0. The van der Waals surface area contributed by atoms with Gasteiger partial charge in [-0.2, -0.15) is 0 Å². The summed E-state index contributed by atoms with van der Waals surface area (Å²) in [6.07, 6.45) is 3.54. The Kier molecular flexibility index (Phi) is 1.28. The van der Waals surface area contributed by atoms with Gasteiger partial charge in [0.25, 0.3) is 0 Å². The number of hydrogen-bond acceptors (Lipinski definition) is 2. The van der Waals surface area contributed by atoms with Crippen molar-refractivity contribution in [3.05, 3.63) is 0 Å². The number of carbonyl (C=O) groups excluding carboxylic acids is 2. The number of carbonyl (C=O) groups is 2. The van der Waals surface area contributed by atoms with Crippen LogP contribution in [0.5, 0.6) is 0 Å². The van der Waals surface area contributed by atoms with Crippen molar-refractivity contribution < 1.29 is 9.59 Å². The third-order valence-electron chi connectivity index (χ3n) is 2.65. The molecular weight excluding hydrogens is 142 g/mol. The molecule has 0 radical (unpaired) electrons. The molecule has 3 heteroatoms. The smallest absolute Gasteiger partial charge is 0.220 e. The largest absolute Gasteiger partial charge is 0.350 e. The Labute approximate surface area is 65.2 Å². The van der Waals surface area contributed by atoms with Gasteiger partial charge in [-0.15, -0.1) is 0 Å². The van der Waals surface area contributed by atoms with Crippen LogP contribution in [0.25, 0.3) is 0 Å². The summed E-state index contributed by atoms with van der Waals surface area (Å²) in [4.78, 5) is 21.8. The van der Waals surface area contributed by atoms with E-state index in [1.54, 1.807) is 0 Å². The SMILES string of the molecule is O=C1CCC2(CCC(=O)N2)C1. The summed E-state index contributed by atoms with van der Waals surface area (Å²) in [6.45, 7) is 0. The van der Waals surface area contributed by atoms with E-state index in [2.05, 4.69) is 5.32 Å². The van der Waals surface area contributed by atoms with Crippen LogP contribution in [0, 0.1) is 0 Å². The van der Waals surface area contributed by atoms with Gasteiger partial charge in [0.1, 0.15) is 5.78 Å². The quantitative estimate of drug-likeness (QED) is 0.547. The summed E-state index contributed by atoms with van der Waals surface area (Å²) in [7, 11) is 0. The molecule has 0 aromatic rings. The number of rotatable bonds is 0. The first-order valence-corrected chi connectivity index (χ1v) is 4.03. The Morgan fingerprint density at radius 3 is 2.36 bits per heavy atom. The summed E-state index contributed by atoms with van der Waals surface area (Å²) in [6, 6.07) is 0. The average molecular weight is 153 g/mol. The fourth-order valence-corrected chi connectivity index (χ4v) is 2.03. The molecule has 1 N–H and O–H groups in total. The Morgan fingerprint density at radius 2 is 1.91 bits per heavy atom. The lowest BCUT2D eigenvalue weighted by Gasteiger charge is -2.20. The second kappa shape index (κ2) is 2.06. The predicted molar refractivity (Wildman–Crippen MR) is 39.0 cm³/mol. The number of amides is 1. The van der Waals surface area contributed by atoms with E-state index in [0.29, 0.717) is 25.0 Å². The van der Waals surface area contributed by atoms with Gasteiger partial charge in [0.05, 0.1) is 0 Å². The summed E-state index contributed by atoms with van der Waals surface area (Å²) >= 11 is 0. The lowest BCUT2D eigenvalue weighted by atomic mass is 9.96. The molecule has 1 atom stereocenters. The molecule has 2 fully saturated rings. The molecule has 1 aliphatic carbocycles. The molecule has 2 aliphatic rings. The maximum absolute atomic E-state index is 11.0. The van der Waals surface area contributed by atoms with Crippen LogP contribution in [0.3, 0.4) is 0 Å². The van der Waals surface area contributed by atoms with Gasteiger partial charge in [0, 0.05) is 24.8 Å². The van der Waals surface area contributed by atoms with Crippen molar-refractivity contribution in [1.29, 1.82) is 0 Å². The molecule has 0 aromatic heterocycles. The lowest BCUT2D eigenvalue weighted by Crippen LogP contribution is -2.38. The molecule has 11 heavy (non-hydrogen) atoms. The molecule has 2 rings (SSSR count). The fourth-order valence-electron chi connectivity index (χ4n) is 2.03. The molecule has 1 saturated heterocycles. The highest BCUT2D eigenvalue weighted by atomic mass is 16.2. The molecule has 1 saturated carbocycles. The number of ketones is 1. The zero-order valence-corrected chi connectivity index (χ0v) is 6.35. The molecule has 1 amide bonds. The minimum Gasteiger partial charge on any atom is -0.350 e. The normalized spacial score (nSPS) is 36.7. The topological polar surface area (TPSA) is 46.2 Å². The van der Waals surface area contributed by atoms with Gasteiger partial charge in [0.15, 0.2) is 0 Å². The molecule has 1 unspecified atom stereocenters. The Bertz CT molecular complexity index is 198. The third-order valence-corrected chi connectivity index (χ3v) is 2.65. The van der Waals surface area contributed by atoms with Gasteiger partial charge in [-0.3, -0.25) is 9.59 Å². The van der Waals surface area contributed by atoms with E-state index in [1.165, 1.54) is 0 Å². The van der Waals surface area contributed by atoms with Gasteiger partial charge < -0.3 is 5.32 Å². The number of hydrogen-bond donors (Lipinski definition) is 1. The molecule has 0 bridgehead atoms. The van der Waals surface area contributed by atoms with E-state index in [4.69, 9.17) is 0 Å². The molecule has 1 heterocycles. The number of Topliss-reactive ketones (excluding diaryl/α,β-unsaturated/α-hetero) is 1. The van der Waals surface area contributed by atoms with Gasteiger partial charge in [-0.1, -0.05) is 0 Å². The lowest BCUT2D eigenvalue weighted by molar-refractivity contribution is -0.119. The van der Waals surface area contributed by atoms with E-state index in [-0.39, 0.29) is 11.4 Å². The molecule has 1 aliphatic heterocycles. The van der Waals surface area contributed by atoms with Crippen molar-refractivity contribution in [2.24, 2.45) is 0 Å². The van der Waals surface area contributed by atoms with Crippen molar-refractivity contribution >= 4 is 11.7 Å². The Balaban J connectivity index is 2.13. The first kappa shape index (κ1) is 6.83. The highest BCUT2D eigenvalue weighted by Crippen LogP contribution is 2.34. The zero-order chi connectivity index (χ0) is 7.90. The molecule has 60 valence electrons. The molecule has 0 aromatic carbocycles. The van der Waals surface area contributed by atoms with Crippen LogP contribution in [-0.4, -0.2) is 17.2 Å². The van der Waals surface area contributed by atoms with Crippen LogP contribution >= 0.6 is 0 Å². The van der Waals surface area contributed by atoms with Crippen molar-refractivity contribution in [3.8, 4) is 0 Å². The van der Waals surface area contributed by atoms with Gasteiger partial charge >= 0.3 is 0 Å². The summed E-state index contributed by atoms with van der Waals surface area (Å²) in [5.41, 5.74) is -0.117. The van der Waals surface area contributed by atoms with Crippen molar-refractivity contribution in [1.82, 2.24) is 5.32 Å². The third kappa shape index (κ3) is 1.04. The average Bonchev–Trinajstić information content (AvgIpc) is 2.44. The van der Waals surface area contributed by atoms with Crippen LogP contribution in [-0.2, 0) is 9.59 Å². The van der Waals surface area contributed by atoms with Gasteiger partial charge in [-0.25, -0.2) is 0 Å². The number of nitrogens with one attached hydrogen (secondary N) is 1. The van der Waals surface area contributed by atoms with Crippen LogP contribution in [0.15, 0.2) is 0 Å². The van der Waals surface area contributed by atoms with Gasteiger partial charge in [0.2, 0.25) is 5.91 Å².